The number of rotatable bonds is 4. The van der Waals surface area contributed by atoms with Gasteiger partial charge in [0.2, 0.25) is 11.0 Å². The fraction of sp³-hybridized carbons (Fsp3) is 0.636. The molecule has 1 aliphatic carbocycles. The summed E-state index contributed by atoms with van der Waals surface area (Å²) in [5.74, 6) is 0.419. The first-order valence-electron chi connectivity index (χ1n) is 6.14. The van der Waals surface area contributed by atoms with Gasteiger partial charge < -0.3 is 10.4 Å². The Morgan fingerprint density at radius 1 is 1.53 bits per heavy atom. The zero-order valence-electron chi connectivity index (χ0n) is 10.3. The van der Waals surface area contributed by atoms with Crippen molar-refractivity contribution < 1.29 is 10.0 Å². The molecule has 0 bridgehead atoms. The third-order valence-corrected chi connectivity index (χ3v) is 3.55. The second-order valence-corrected chi connectivity index (χ2v) is 5.04. The van der Waals surface area contributed by atoms with E-state index in [2.05, 4.69) is 15.3 Å². The molecule has 1 aliphatic rings. The number of anilines is 1. The van der Waals surface area contributed by atoms with Gasteiger partial charge in [0, 0.05) is 6.54 Å². The molecule has 104 valence electrons. The Hall–Kier alpha value is -1.47. The third-order valence-electron chi connectivity index (χ3n) is 3.27. The number of halogens is 1. The van der Waals surface area contributed by atoms with Crippen molar-refractivity contribution in [2.24, 2.45) is 5.92 Å². The molecular weight excluding hydrogens is 272 g/mol. The van der Waals surface area contributed by atoms with E-state index >= 15 is 0 Å². The van der Waals surface area contributed by atoms with E-state index in [1.165, 1.54) is 6.33 Å². The van der Waals surface area contributed by atoms with Crippen LogP contribution in [0, 0.1) is 16.0 Å². The summed E-state index contributed by atoms with van der Waals surface area (Å²) in [5.41, 5.74) is -0.305. The summed E-state index contributed by atoms with van der Waals surface area (Å²) >= 11 is 5.70. The standard InChI is InChI=1S/C11H15ClN4O3/c12-10-9(16(18)19)11(15-6-14-10)13-5-7-2-1-3-8(17)4-7/h6-8,17H,1-5H2,(H,13,14,15). The number of aromatic nitrogens is 2. The first-order valence-corrected chi connectivity index (χ1v) is 6.52. The Morgan fingerprint density at radius 2 is 2.32 bits per heavy atom. The molecule has 1 heterocycles. The van der Waals surface area contributed by atoms with Crippen LogP contribution in [0.4, 0.5) is 11.5 Å². The van der Waals surface area contributed by atoms with E-state index in [-0.39, 0.29) is 28.7 Å². The van der Waals surface area contributed by atoms with Crippen molar-refractivity contribution in [1.82, 2.24) is 9.97 Å². The lowest BCUT2D eigenvalue weighted by molar-refractivity contribution is -0.384. The lowest BCUT2D eigenvalue weighted by atomic mass is 9.87. The van der Waals surface area contributed by atoms with Crippen molar-refractivity contribution in [2.45, 2.75) is 31.8 Å². The van der Waals surface area contributed by atoms with Crippen LogP contribution in [0.25, 0.3) is 0 Å². The molecule has 0 aliphatic heterocycles. The van der Waals surface area contributed by atoms with Crippen LogP contribution in [0.1, 0.15) is 25.7 Å². The number of nitro groups is 1. The minimum absolute atomic E-state index is 0.130. The first kappa shape index (κ1) is 14.0. The zero-order valence-corrected chi connectivity index (χ0v) is 11.0. The number of hydrogen-bond donors (Lipinski definition) is 2. The molecule has 8 heteroatoms. The van der Waals surface area contributed by atoms with Crippen LogP contribution in [0.15, 0.2) is 6.33 Å². The van der Waals surface area contributed by atoms with Gasteiger partial charge in [0.15, 0.2) is 0 Å². The molecule has 2 atom stereocenters. The second-order valence-electron chi connectivity index (χ2n) is 4.69. The van der Waals surface area contributed by atoms with Gasteiger partial charge in [-0.1, -0.05) is 18.0 Å². The van der Waals surface area contributed by atoms with Gasteiger partial charge in [0.1, 0.15) is 6.33 Å². The second kappa shape index (κ2) is 6.12. The molecule has 7 nitrogen and oxygen atoms in total. The lowest BCUT2D eigenvalue weighted by Crippen LogP contribution is -2.25. The molecule has 1 saturated carbocycles. The highest BCUT2D eigenvalue weighted by molar-refractivity contribution is 6.31. The number of aliphatic hydroxyl groups excluding tert-OH is 1. The summed E-state index contributed by atoms with van der Waals surface area (Å²) in [6, 6.07) is 0. The lowest BCUT2D eigenvalue weighted by Gasteiger charge is -2.25. The molecule has 0 aromatic carbocycles. The Labute approximate surface area is 115 Å². The summed E-state index contributed by atoms with van der Waals surface area (Å²) in [6.07, 6.45) is 4.42. The molecule has 0 radical (unpaired) electrons. The van der Waals surface area contributed by atoms with E-state index in [4.69, 9.17) is 11.6 Å². The average molecular weight is 287 g/mol. The van der Waals surface area contributed by atoms with Crippen LogP contribution in [-0.2, 0) is 0 Å². The zero-order chi connectivity index (χ0) is 13.8. The van der Waals surface area contributed by atoms with Crippen LogP contribution in [-0.4, -0.2) is 32.6 Å². The first-order chi connectivity index (χ1) is 9.08. The van der Waals surface area contributed by atoms with Gasteiger partial charge in [-0.2, -0.15) is 0 Å². The van der Waals surface area contributed by atoms with Gasteiger partial charge in [-0.3, -0.25) is 10.1 Å². The Kier molecular flexibility index (Phi) is 4.49. The van der Waals surface area contributed by atoms with Crippen LogP contribution in [0.3, 0.4) is 0 Å². The smallest absolute Gasteiger partial charge is 0.348 e. The van der Waals surface area contributed by atoms with Crippen molar-refractivity contribution in [1.29, 1.82) is 0 Å². The van der Waals surface area contributed by atoms with E-state index < -0.39 is 4.92 Å². The normalized spacial score (nSPS) is 23.1. The molecule has 0 saturated heterocycles. The van der Waals surface area contributed by atoms with Crippen LogP contribution < -0.4 is 5.32 Å². The molecule has 2 unspecified atom stereocenters. The van der Waals surface area contributed by atoms with E-state index in [0.717, 1.165) is 19.3 Å². The largest absolute Gasteiger partial charge is 0.393 e. The maximum atomic E-state index is 10.9. The highest BCUT2D eigenvalue weighted by Crippen LogP contribution is 2.30. The minimum Gasteiger partial charge on any atom is -0.393 e. The summed E-state index contributed by atoms with van der Waals surface area (Å²) in [6.45, 7) is 0.533. The van der Waals surface area contributed by atoms with Gasteiger partial charge in [-0.25, -0.2) is 9.97 Å². The van der Waals surface area contributed by atoms with Crippen molar-refractivity contribution in [3.8, 4) is 0 Å². The molecule has 0 amide bonds. The summed E-state index contributed by atoms with van der Waals surface area (Å²) in [4.78, 5) is 17.8. The van der Waals surface area contributed by atoms with Crippen LogP contribution in [0.5, 0.6) is 0 Å². The summed E-state index contributed by atoms with van der Waals surface area (Å²) < 4.78 is 0. The number of hydrogen-bond acceptors (Lipinski definition) is 6. The van der Waals surface area contributed by atoms with E-state index in [1.54, 1.807) is 0 Å². The van der Waals surface area contributed by atoms with Gasteiger partial charge in [0.05, 0.1) is 11.0 Å². The molecule has 19 heavy (non-hydrogen) atoms. The van der Waals surface area contributed by atoms with Gasteiger partial charge in [-0.05, 0) is 25.2 Å². The molecule has 2 N–H and O–H groups in total. The quantitative estimate of drug-likeness (QED) is 0.499. The molecule has 2 rings (SSSR count). The molecule has 1 fully saturated rings. The van der Waals surface area contributed by atoms with Crippen LogP contribution in [0.2, 0.25) is 5.15 Å². The molecule has 0 spiro atoms. The number of nitrogens with one attached hydrogen (secondary N) is 1. The highest BCUT2D eigenvalue weighted by atomic mass is 35.5. The van der Waals surface area contributed by atoms with Crippen molar-refractivity contribution in [3.63, 3.8) is 0 Å². The number of nitrogens with zero attached hydrogens (tertiary/aromatic N) is 3. The van der Waals surface area contributed by atoms with Gasteiger partial charge in [0.25, 0.3) is 0 Å². The van der Waals surface area contributed by atoms with E-state index in [9.17, 15) is 15.2 Å². The van der Waals surface area contributed by atoms with E-state index in [0.29, 0.717) is 13.0 Å². The SMILES string of the molecule is O=[N+]([O-])c1c(Cl)ncnc1NCC1CCCC(O)C1. The van der Waals surface area contributed by atoms with Crippen molar-refractivity contribution in [2.75, 3.05) is 11.9 Å². The van der Waals surface area contributed by atoms with Crippen LogP contribution >= 0.6 is 11.6 Å². The third kappa shape index (κ3) is 3.51. The molecule has 1 aromatic rings. The summed E-state index contributed by atoms with van der Waals surface area (Å²) in [7, 11) is 0. The van der Waals surface area contributed by atoms with E-state index in [1.807, 2.05) is 0 Å². The Morgan fingerprint density at radius 3 is 3.00 bits per heavy atom. The molecule has 1 aromatic heterocycles. The monoisotopic (exact) mass is 286 g/mol. The maximum absolute atomic E-state index is 10.9. The maximum Gasteiger partial charge on any atom is 0.348 e. The predicted molar refractivity (Wildman–Crippen MR) is 70.2 cm³/mol. The Balaban J connectivity index is 2.03. The predicted octanol–water partition coefficient (Wildman–Crippen LogP) is 2.00. The fourth-order valence-corrected chi connectivity index (χ4v) is 2.54. The highest BCUT2D eigenvalue weighted by Gasteiger charge is 2.24. The number of aliphatic hydroxyl groups is 1. The Bertz CT molecular complexity index is 471. The van der Waals surface area contributed by atoms with Gasteiger partial charge in [-0.15, -0.1) is 0 Å². The molecular formula is C11H15ClN4O3. The topological polar surface area (TPSA) is 101 Å². The average Bonchev–Trinajstić information content (AvgIpc) is 2.36. The minimum atomic E-state index is -0.597. The fourth-order valence-electron chi connectivity index (χ4n) is 2.34. The van der Waals surface area contributed by atoms with Crippen molar-refractivity contribution >= 4 is 23.1 Å². The summed E-state index contributed by atoms with van der Waals surface area (Å²) in [5, 5.41) is 23.3. The van der Waals surface area contributed by atoms with Gasteiger partial charge >= 0.3 is 5.69 Å². The van der Waals surface area contributed by atoms with Crippen molar-refractivity contribution in [3.05, 3.63) is 21.6 Å².